The van der Waals surface area contributed by atoms with Gasteiger partial charge < -0.3 is 4.90 Å². The first-order valence-corrected chi connectivity index (χ1v) is 18.7. The number of rotatable bonds is 7. The van der Waals surface area contributed by atoms with Crippen molar-refractivity contribution in [2.75, 3.05) is 4.90 Å². The average molecular weight is 688 g/mol. The normalized spacial score (nSPS) is 12.6. The molecule has 1 heteroatoms. The van der Waals surface area contributed by atoms with E-state index in [0.29, 0.717) is 0 Å². The van der Waals surface area contributed by atoms with Crippen LogP contribution < -0.4 is 4.90 Å². The lowest BCUT2D eigenvalue weighted by Crippen LogP contribution is -2.29. The third-order valence-electron chi connectivity index (χ3n) is 11.1. The van der Waals surface area contributed by atoms with Gasteiger partial charge >= 0.3 is 0 Å². The Kier molecular flexibility index (Phi) is 7.78. The summed E-state index contributed by atoms with van der Waals surface area (Å²) in [5.41, 5.74) is 15.3. The summed E-state index contributed by atoms with van der Waals surface area (Å²) in [6.07, 6.45) is 0. The number of fused-ring (bicyclic) bond motifs is 5. The van der Waals surface area contributed by atoms with E-state index in [1.807, 2.05) is 0 Å². The molecule has 0 radical (unpaired) electrons. The standard InChI is InChI=1S/C53H37N/c1-6-18-38(19-7-1)40-30-33-45(34-31-40)54(44-26-14-5-15-27-44)51-37-49-46-35-32-41(39-20-8-2-9-21-39)36-50(46)53(42-22-10-3-11-23-42,43-24-12-4-13-25-43)52(49)48-29-17-16-28-47(48)51/h1-37H. The summed E-state index contributed by atoms with van der Waals surface area (Å²) in [7, 11) is 0. The van der Waals surface area contributed by atoms with E-state index < -0.39 is 5.41 Å². The van der Waals surface area contributed by atoms with Crippen molar-refractivity contribution >= 4 is 27.8 Å². The Morgan fingerprint density at radius 3 is 1.35 bits per heavy atom. The highest BCUT2D eigenvalue weighted by Gasteiger charge is 2.48. The Labute approximate surface area is 317 Å². The lowest BCUT2D eigenvalue weighted by molar-refractivity contribution is 0.776. The van der Waals surface area contributed by atoms with Crippen molar-refractivity contribution in [1.29, 1.82) is 0 Å². The van der Waals surface area contributed by atoms with Gasteiger partial charge in [-0.05, 0) is 97.4 Å². The molecule has 1 aliphatic rings. The predicted octanol–water partition coefficient (Wildman–Crippen LogP) is 14.0. The summed E-state index contributed by atoms with van der Waals surface area (Å²) in [6, 6.07) is 82.0. The van der Waals surface area contributed by atoms with Crippen LogP contribution in [0.3, 0.4) is 0 Å². The van der Waals surface area contributed by atoms with E-state index in [1.54, 1.807) is 0 Å². The molecule has 254 valence electrons. The van der Waals surface area contributed by atoms with Crippen LogP contribution in [0.25, 0.3) is 44.2 Å². The number of para-hydroxylation sites is 1. The largest absolute Gasteiger partial charge is 0.310 e. The molecule has 0 unspecified atom stereocenters. The zero-order valence-corrected chi connectivity index (χ0v) is 29.8. The molecule has 0 amide bonds. The lowest BCUT2D eigenvalue weighted by atomic mass is 9.66. The molecule has 0 spiro atoms. The van der Waals surface area contributed by atoms with Gasteiger partial charge in [0.2, 0.25) is 0 Å². The van der Waals surface area contributed by atoms with Gasteiger partial charge in [0.05, 0.1) is 11.1 Å². The first kappa shape index (κ1) is 31.7. The van der Waals surface area contributed by atoms with E-state index >= 15 is 0 Å². The molecule has 0 saturated heterocycles. The van der Waals surface area contributed by atoms with Gasteiger partial charge in [-0.1, -0.05) is 188 Å². The zero-order valence-electron chi connectivity index (χ0n) is 29.8. The fourth-order valence-electron chi connectivity index (χ4n) is 8.77. The minimum absolute atomic E-state index is 0.551. The maximum atomic E-state index is 2.46. The van der Waals surface area contributed by atoms with Crippen LogP contribution in [0.15, 0.2) is 224 Å². The second-order valence-electron chi connectivity index (χ2n) is 14.1. The SMILES string of the molecule is c1ccc(-c2ccc(N(c3ccccc3)c3cc4c(c5ccccc35)C(c3ccccc3)(c3ccccc3)c3cc(-c5ccccc5)ccc3-4)cc2)cc1. The highest BCUT2D eigenvalue weighted by atomic mass is 15.1. The van der Waals surface area contributed by atoms with Gasteiger partial charge in [0, 0.05) is 16.8 Å². The molecule has 9 aromatic rings. The molecule has 0 bridgehead atoms. The van der Waals surface area contributed by atoms with Crippen molar-refractivity contribution < 1.29 is 0 Å². The van der Waals surface area contributed by atoms with Crippen LogP contribution in [0.5, 0.6) is 0 Å². The Hall–Kier alpha value is -6.96. The summed E-state index contributed by atoms with van der Waals surface area (Å²) < 4.78 is 0. The summed E-state index contributed by atoms with van der Waals surface area (Å²) in [5.74, 6) is 0. The van der Waals surface area contributed by atoms with E-state index in [1.165, 1.54) is 66.4 Å². The van der Waals surface area contributed by atoms with Crippen molar-refractivity contribution in [2.24, 2.45) is 0 Å². The Balaban J connectivity index is 1.29. The Morgan fingerprint density at radius 2 is 0.759 bits per heavy atom. The molecule has 10 rings (SSSR count). The van der Waals surface area contributed by atoms with E-state index in [0.717, 1.165) is 17.1 Å². The van der Waals surface area contributed by atoms with Crippen molar-refractivity contribution in [2.45, 2.75) is 5.41 Å². The summed E-state index contributed by atoms with van der Waals surface area (Å²) in [5, 5.41) is 2.46. The lowest BCUT2D eigenvalue weighted by Gasteiger charge is -2.35. The second-order valence-corrected chi connectivity index (χ2v) is 14.1. The number of hydrogen-bond acceptors (Lipinski definition) is 1. The van der Waals surface area contributed by atoms with Crippen LogP contribution in [0.2, 0.25) is 0 Å². The molecule has 0 N–H and O–H groups in total. The van der Waals surface area contributed by atoms with Crippen molar-refractivity contribution in [3.8, 4) is 33.4 Å². The minimum atomic E-state index is -0.551. The molecular weight excluding hydrogens is 651 g/mol. The van der Waals surface area contributed by atoms with Gasteiger partial charge in [-0.3, -0.25) is 0 Å². The monoisotopic (exact) mass is 687 g/mol. The van der Waals surface area contributed by atoms with Gasteiger partial charge in [0.15, 0.2) is 0 Å². The molecule has 0 aromatic heterocycles. The van der Waals surface area contributed by atoms with E-state index in [-0.39, 0.29) is 0 Å². The van der Waals surface area contributed by atoms with Gasteiger partial charge in [-0.15, -0.1) is 0 Å². The summed E-state index contributed by atoms with van der Waals surface area (Å²) in [4.78, 5) is 2.43. The van der Waals surface area contributed by atoms with Crippen LogP contribution in [0.4, 0.5) is 17.1 Å². The predicted molar refractivity (Wildman–Crippen MR) is 227 cm³/mol. The molecule has 9 aromatic carbocycles. The molecule has 0 atom stereocenters. The summed E-state index contributed by atoms with van der Waals surface area (Å²) >= 11 is 0. The smallest absolute Gasteiger partial charge is 0.0719 e. The van der Waals surface area contributed by atoms with Gasteiger partial charge in [-0.25, -0.2) is 0 Å². The third kappa shape index (κ3) is 5.09. The average Bonchev–Trinajstić information content (AvgIpc) is 3.56. The van der Waals surface area contributed by atoms with Crippen LogP contribution in [0.1, 0.15) is 22.3 Å². The third-order valence-corrected chi connectivity index (χ3v) is 11.1. The molecule has 0 aliphatic heterocycles. The molecule has 1 aliphatic carbocycles. The first-order chi connectivity index (χ1) is 26.8. The number of hydrogen-bond donors (Lipinski definition) is 0. The van der Waals surface area contributed by atoms with E-state index in [9.17, 15) is 0 Å². The quantitative estimate of drug-likeness (QED) is 0.161. The Bertz CT molecular complexity index is 2680. The molecule has 0 saturated carbocycles. The summed E-state index contributed by atoms with van der Waals surface area (Å²) in [6.45, 7) is 0. The maximum Gasteiger partial charge on any atom is 0.0719 e. The molecule has 0 heterocycles. The maximum absolute atomic E-state index is 2.46. The van der Waals surface area contributed by atoms with Gasteiger partial charge in [-0.2, -0.15) is 0 Å². The van der Waals surface area contributed by atoms with Crippen molar-refractivity contribution in [1.82, 2.24) is 0 Å². The second kappa shape index (κ2) is 13.2. The number of benzene rings is 9. The van der Waals surface area contributed by atoms with Crippen molar-refractivity contribution in [3.63, 3.8) is 0 Å². The molecule has 0 fully saturated rings. The van der Waals surface area contributed by atoms with Crippen molar-refractivity contribution in [3.05, 3.63) is 247 Å². The van der Waals surface area contributed by atoms with Crippen LogP contribution in [-0.2, 0) is 5.41 Å². The fourth-order valence-corrected chi connectivity index (χ4v) is 8.77. The highest BCUT2D eigenvalue weighted by Crippen LogP contribution is 2.60. The van der Waals surface area contributed by atoms with E-state index in [2.05, 4.69) is 229 Å². The topological polar surface area (TPSA) is 3.24 Å². The van der Waals surface area contributed by atoms with E-state index in [4.69, 9.17) is 0 Å². The molecule has 1 nitrogen and oxygen atoms in total. The van der Waals surface area contributed by atoms with Crippen LogP contribution in [0, 0.1) is 0 Å². The molecular formula is C53H37N. The Morgan fingerprint density at radius 1 is 0.315 bits per heavy atom. The van der Waals surface area contributed by atoms with Crippen LogP contribution in [-0.4, -0.2) is 0 Å². The number of anilines is 3. The fraction of sp³-hybridized carbons (Fsp3) is 0.0189. The molecule has 54 heavy (non-hydrogen) atoms. The number of nitrogens with zero attached hydrogens (tertiary/aromatic N) is 1. The van der Waals surface area contributed by atoms with Gasteiger partial charge in [0.25, 0.3) is 0 Å². The minimum Gasteiger partial charge on any atom is -0.310 e. The van der Waals surface area contributed by atoms with Crippen LogP contribution >= 0.6 is 0 Å². The zero-order chi connectivity index (χ0) is 35.9. The highest BCUT2D eigenvalue weighted by molar-refractivity contribution is 6.08. The first-order valence-electron chi connectivity index (χ1n) is 18.7. The van der Waals surface area contributed by atoms with Gasteiger partial charge in [0.1, 0.15) is 0 Å².